The van der Waals surface area contributed by atoms with Crippen LogP contribution in [0.4, 0.5) is 5.69 Å². The van der Waals surface area contributed by atoms with Crippen LogP contribution >= 0.6 is 15.9 Å². The van der Waals surface area contributed by atoms with Crippen molar-refractivity contribution in [1.29, 1.82) is 0 Å². The molecule has 3 N–H and O–H groups in total. The van der Waals surface area contributed by atoms with Crippen molar-refractivity contribution in [3.8, 4) is 0 Å². The van der Waals surface area contributed by atoms with E-state index < -0.39 is 0 Å². The van der Waals surface area contributed by atoms with Gasteiger partial charge in [0.15, 0.2) is 6.04 Å². The van der Waals surface area contributed by atoms with E-state index in [1.807, 2.05) is 56.3 Å². The van der Waals surface area contributed by atoms with E-state index in [-0.39, 0.29) is 18.0 Å². The molecule has 3 nitrogen and oxygen atoms in total. The Hall–Kier alpha value is -1.65. The highest BCUT2D eigenvalue weighted by molar-refractivity contribution is 9.10. The van der Waals surface area contributed by atoms with E-state index >= 15 is 0 Å². The standard InChI is InChI=1S/C18H21BrN2O/c1-12-7-6-8-15(11-12)21-18(22)14(3)20-13(2)16-9-4-5-10-17(16)19/h4-11,13-14,20H,1-3H3,(H,21,22)/p+1/t13-,14-/m1/s1. The average molecular weight is 362 g/mol. The van der Waals surface area contributed by atoms with Crippen molar-refractivity contribution in [1.82, 2.24) is 0 Å². The minimum absolute atomic E-state index is 0.0181. The molecule has 0 aromatic heterocycles. The number of halogens is 1. The van der Waals surface area contributed by atoms with Crippen molar-refractivity contribution < 1.29 is 10.1 Å². The summed E-state index contributed by atoms with van der Waals surface area (Å²) in [4.78, 5) is 12.3. The molecule has 2 atom stereocenters. The van der Waals surface area contributed by atoms with Crippen molar-refractivity contribution in [2.45, 2.75) is 32.9 Å². The van der Waals surface area contributed by atoms with Gasteiger partial charge in [0.1, 0.15) is 6.04 Å². The predicted octanol–water partition coefficient (Wildman–Crippen LogP) is 3.41. The molecule has 0 aliphatic heterocycles. The summed E-state index contributed by atoms with van der Waals surface area (Å²) in [6.45, 7) is 6.05. The Labute approximate surface area is 140 Å². The van der Waals surface area contributed by atoms with E-state index in [1.165, 1.54) is 5.56 Å². The molecule has 2 rings (SSSR count). The number of carbonyl (C=O) groups excluding carboxylic acids is 1. The third-order valence-corrected chi connectivity index (χ3v) is 4.39. The van der Waals surface area contributed by atoms with Gasteiger partial charge >= 0.3 is 0 Å². The first kappa shape index (κ1) is 16.7. The van der Waals surface area contributed by atoms with E-state index in [1.54, 1.807) is 0 Å². The second-order valence-corrected chi connectivity index (χ2v) is 6.50. The fourth-order valence-electron chi connectivity index (χ4n) is 2.45. The minimum atomic E-state index is -0.164. The van der Waals surface area contributed by atoms with Crippen molar-refractivity contribution in [2.24, 2.45) is 0 Å². The summed E-state index contributed by atoms with van der Waals surface area (Å²) < 4.78 is 1.07. The maximum absolute atomic E-state index is 12.3. The highest BCUT2D eigenvalue weighted by atomic mass is 79.9. The lowest BCUT2D eigenvalue weighted by Crippen LogP contribution is -2.91. The smallest absolute Gasteiger partial charge is 0.282 e. The molecule has 0 aliphatic carbocycles. The second kappa shape index (κ2) is 7.56. The molecule has 116 valence electrons. The SMILES string of the molecule is Cc1cccc(NC(=O)[C@@H](C)[NH2+][C@H](C)c2ccccc2Br)c1. The zero-order valence-corrected chi connectivity index (χ0v) is 14.7. The van der Waals surface area contributed by atoms with Gasteiger partial charge in [-0.05, 0) is 44.5 Å². The fraction of sp³-hybridized carbons (Fsp3) is 0.278. The average Bonchev–Trinajstić information content (AvgIpc) is 2.47. The van der Waals surface area contributed by atoms with Crippen LogP contribution in [0.25, 0.3) is 0 Å². The van der Waals surface area contributed by atoms with Gasteiger partial charge in [0.25, 0.3) is 5.91 Å². The minimum Gasteiger partial charge on any atom is -0.330 e. The molecule has 0 heterocycles. The van der Waals surface area contributed by atoms with Gasteiger partial charge in [-0.3, -0.25) is 4.79 Å². The number of anilines is 1. The number of amides is 1. The number of nitrogens with two attached hydrogens (primary N) is 1. The molecule has 2 aromatic rings. The molecule has 0 saturated carbocycles. The van der Waals surface area contributed by atoms with Gasteiger partial charge < -0.3 is 10.6 Å². The van der Waals surface area contributed by atoms with E-state index in [9.17, 15) is 4.79 Å². The number of quaternary nitrogens is 1. The maximum atomic E-state index is 12.3. The molecule has 4 heteroatoms. The van der Waals surface area contributed by atoms with Gasteiger partial charge in [0.2, 0.25) is 0 Å². The van der Waals surface area contributed by atoms with Crippen LogP contribution in [0.1, 0.15) is 31.0 Å². The number of benzene rings is 2. The number of hydrogen-bond acceptors (Lipinski definition) is 1. The van der Waals surface area contributed by atoms with Crippen LogP contribution in [0.2, 0.25) is 0 Å². The number of nitrogens with one attached hydrogen (secondary N) is 1. The Bertz CT molecular complexity index is 657. The molecular formula is C18H22BrN2O+. The summed E-state index contributed by atoms with van der Waals surface area (Å²) in [5, 5.41) is 5.05. The van der Waals surface area contributed by atoms with E-state index in [2.05, 4.69) is 39.6 Å². The Morgan fingerprint density at radius 2 is 1.86 bits per heavy atom. The van der Waals surface area contributed by atoms with Crippen LogP contribution in [0.15, 0.2) is 53.0 Å². The molecule has 0 radical (unpaired) electrons. The van der Waals surface area contributed by atoms with Crippen LogP contribution in [0, 0.1) is 6.92 Å². The molecule has 0 saturated heterocycles. The molecule has 22 heavy (non-hydrogen) atoms. The molecule has 0 unspecified atom stereocenters. The van der Waals surface area contributed by atoms with Crippen molar-refractivity contribution in [2.75, 3.05) is 5.32 Å². The maximum Gasteiger partial charge on any atom is 0.282 e. The van der Waals surface area contributed by atoms with Crippen molar-refractivity contribution in [3.63, 3.8) is 0 Å². The van der Waals surface area contributed by atoms with Gasteiger partial charge in [-0.1, -0.05) is 46.3 Å². The van der Waals surface area contributed by atoms with Gasteiger partial charge in [-0.25, -0.2) is 0 Å². The van der Waals surface area contributed by atoms with Crippen LogP contribution in [-0.2, 0) is 4.79 Å². The normalized spacial score (nSPS) is 13.5. The molecule has 1 amide bonds. The lowest BCUT2D eigenvalue weighted by Gasteiger charge is -2.18. The third-order valence-electron chi connectivity index (χ3n) is 3.67. The first-order chi connectivity index (χ1) is 10.5. The van der Waals surface area contributed by atoms with E-state index in [4.69, 9.17) is 0 Å². The summed E-state index contributed by atoms with van der Waals surface area (Å²) >= 11 is 3.57. The summed E-state index contributed by atoms with van der Waals surface area (Å²) in [6, 6.07) is 16.0. The van der Waals surface area contributed by atoms with Crippen LogP contribution in [-0.4, -0.2) is 11.9 Å². The fourth-order valence-corrected chi connectivity index (χ4v) is 3.09. The highest BCUT2D eigenvalue weighted by Gasteiger charge is 2.21. The molecule has 0 bridgehead atoms. The van der Waals surface area contributed by atoms with Crippen molar-refractivity contribution in [3.05, 3.63) is 64.1 Å². The van der Waals surface area contributed by atoms with Gasteiger partial charge in [-0.2, -0.15) is 0 Å². The quantitative estimate of drug-likeness (QED) is 0.841. The molecule has 2 aromatic carbocycles. The predicted molar refractivity (Wildman–Crippen MR) is 93.8 cm³/mol. The van der Waals surface area contributed by atoms with Crippen LogP contribution < -0.4 is 10.6 Å². The largest absolute Gasteiger partial charge is 0.330 e. The van der Waals surface area contributed by atoms with E-state index in [0.717, 1.165) is 15.7 Å². The zero-order valence-electron chi connectivity index (χ0n) is 13.1. The topological polar surface area (TPSA) is 45.7 Å². The zero-order chi connectivity index (χ0) is 16.1. The lowest BCUT2D eigenvalue weighted by molar-refractivity contribution is -0.709. The highest BCUT2D eigenvalue weighted by Crippen LogP contribution is 2.20. The Balaban J connectivity index is 1.98. The monoisotopic (exact) mass is 361 g/mol. The second-order valence-electron chi connectivity index (χ2n) is 5.65. The summed E-state index contributed by atoms with van der Waals surface area (Å²) in [7, 11) is 0. The van der Waals surface area contributed by atoms with Gasteiger partial charge in [-0.15, -0.1) is 0 Å². The summed E-state index contributed by atoms with van der Waals surface area (Å²) in [5.74, 6) is 0.0181. The molecule has 0 aliphatic rings. The van der Waals surface area contributed by atoms with Crippen LogP contribution in [0.3, 0.4) is 0 Å². The summed E-state index contributed by atoms with van der Waals surface area (Å²) in [5.41, 5.74) is 3.17. The Morgan fingerprint density at radius 3 is 2.55 bits per heavy atom. The van der Waals surface area contributed by atoms with E-state index in [0.29, 0.717) is 0 Å². The summed E-state index contributed by atoms with van der Waals surface area (Å²) in [6.07, 6.45) is 0. The number of rotatable bonds is 5. The number of hydrogen-bond donors (Lipinski definition) is 2. The molecular weight excluding hydrogens is 340 g/mol. The number of aryl methyl sites for hydroxylation is 1. The first-order valence-electron chi connectivity index (χ1n) is 7.44. The molecule has 0 fully saturated rings. The van der Waals surface area contributed by atoms with Crippen LogP contribution in [0.5, 0.6) is 0 Å². The number of carbonyl (C=O) groups is 1. The molecule has 0 spiro atoms. The lowest BCUT2D eigenvalue weighted by atomic mass is 10.1. The Kier molecular flexibility index (Phi) is 5.75. The van der Waals surface area contributed by atoms with Gasteiger partial charge in [0, 0.05) is 15.7 Å². The van der Waals surface area contributed by atoms with Crippen molar-refractivity contribution >= 4 is 27.5 Å². The van der Waals surface area contributed by atoms with Gasteiger partial charge in [0.05, 0.1) is 0 Å². The third kappa shape index (κ3) is 4.42. The first-order valence-corrected chi connectivity index (χ1v) is 8.23. The Morgan fingerprint density at radius 1 is 1.14 bits per heavy atom.